The number of aromatic amines is 1. The normalized spacial score (nSPS) is 17.9. The summed E-state index contributed by atoms with van der Waals surface area (Å²) in [5.74, 6) is 0.183. The van der Waals surface area contributed by atoms with Gasteiger partial charge in [0.25, 0.3) is 0 Å². The average Bonchev–Trinajstić information content (AvgIpc) is 3.39. The molecule has 3 N–H and O–H groups in total. The van der Waals surface area contributed by atoms with E-state index in [0.717, 1.165) is 52.7 Å². The van der Waals surface area contributed by atoms with Crippen molar-refractivity contribution in [2.24, 2.45) is 0 Å². The first-order valence-corrected chi connectivity index (χ1v) is 13.1. The fraction of sp³-hybridized carbons (Fsp3) is 0.448. The number of benzene rings is 2. The van der Waals surface area contributed by atoms with Crippen molar-refractivity contribution in [3.8, 4) is 11.5 Å². The van der Waals surface area contributed by atoms with Crippen molar-refractivity contribution < 1.29 is 28.9 Å². The van der Waals surface area contributed by atoms with Crippen molar-refractivity contribution in [1.29, 1.82) is 0 Å². The Balaban J connectivity index is 1.71. The SMILES string of the molecule is CCO[C@H]1CCN(Cc2c(OC)cc(C)c3[nH]ccc23)[C@H](c2ccc(C(=O)O)cc2OCCNC(C)=O)C1. The van der Waals surface area contributed by atoms with Gasteiger partial charge in [-0.1, -0.05) is 6.07 Å². The molecule has 9 nitrogen and oxygen atoms in total. The highest BCUT2D eigenvalue weighted by Crippen LogP contribution is 2.41. The molecule has 0 aliphatic carbocycles. The lowest BCUT2D eigenvalue weighted by Crippen LogP contribution is -2.39. The number of fused-ring (bicyclic) bond motifs is 1. The zero-order chi connectivity index (χ0) is 27.2. The third-order valence-corrected chi connectivity index (χ3v) is 7.11. The van der Waals surface area contributed by atoms with E-state index in [0.29, 0.717) is 25.4 Å². The molecule has 1 aromatic heterocycles. The molecule has 2 aromatic carbocycles. The maximum Gasteiger partial charge on any atom is 0.335 e. The molecule has 9 heteroatoms. The van der Waals surface area contributed by atoms with Crippen LogP contribution in [0.4, 0.5) is 0 Å². The number of carboxylic acid groups (broad SMARTS) is 1. The molecule has 4 rings (SSSR count). The number of nitrogens with zero attached hydrogens (tertiary/aromatic N) is 1. The van der Waals surface area contributed by atoms with E-state index in [4.69, 9.17) is 14.2 Å². The van der Waals surface area contributed by atoms with Gasteiger partial charge in [0.15, 0.2) is 0 Å². The van der Waals surface area contributed by atoms with Crippen LogP contribution in [-0.4, -0.2) is 66.4 Å². The molecule has 2 atom stereocenters. The summed E-state index contributed by atoms with van der Waals surface area (Å²) in [5, 5.41) is 13.5. The largest absolute Gasteiger partial charge is 0.496 e. The standard InChI is InChI=1S/C29H37N3O6/c1-5-37-21-9-12-32(17-24-22-8-10-31-28(22)18(2)14-26(24)36-4)25(16-21)23-7-6-20(29(34)35)15-27(23)38-13-11-30-19(3)33/h6-8,10,14-15,21,25,31H,5,9,11-13,16-17H2,1-4H3,(H,30,33)(H,34,35)/t21-,25-/m0/s1. The lowest BCUT2D eigenvalue weighted by atomic mass is 9.91. The highest BCUT2D eigenvalue weighted by molar-refractivity contribution is 5.89. The highest BCUT2D eigenvalue weighted by Gasteiger charge is 2.33. The third kappa shape index (κ3) is 6.11. The summed E-state index contributed by atoms with van der Waals surface area (Å²) < 4.78 is 17.9. The molecule has 1 fully saturated rings. The van der Waals surface area contributed by atoms with Gasteiger partial charge in [-0.2, -0.15) is 0 Å². The van der Waals surface area contributed by atoms with Gasteiger partial charge in [0.05, 0.1) is 25.3 Å². The quantitative estimate of drug-likeness (QED) is 0.319. The summed E-state index contributed by atoms with van der Waals surface area (Å²) in [7, 11) is 1.70. The number of aromatic carboxylic acids is 1. The van der Waals surface area contributed by atoms with Gasteiger partial charge in [0, 0.05) is 60.9 Å². The van der Waals surface area contributed by atoms with Crippen LogP contribution in [0.15, 0.2) is 36.5 Å². The second kappa shape index (κ2) is 12.3. The highest BCUT2D eigenvalue weighted by atomic mass is 16.5. The monoisotopic (exact) mass is 523 g/mol. The van der Waals surface area contributed by atoms with Crippen LogP contribution in [-0.2, 0) is 16.1 Å². The Bertz CT molecular complexity index is 1290. The topological polar surface area (TPSA) is 113 Å². The van der Waals surface area contributed by atoms with Crippen LogP contribution < -0.4 is 14.8 Å². The van der Waals surface area contributed by atoms with Gasteiger partial charge >= 0.3 is 5.97 Å². The number of methoxy groups -OCH3 is 1. The van der Waals surface area contributed by atoms with Crippen molar-refractivity contribution in [3.63, 3.8) is 0 Å². The number of amides is 1. The van der Waals surface area contributed by atoms with Gasteiger partial charge < -0.3 is 29.6 Å². The van der Waals surface area contributed by atoms with Gasteiger partial charge in [0.1, 0.15) is 18.1 Å². The summed E-state index contributed by atoms with van der Waals surface area (Å²) in [5.41, 5.74) is 4.37. The Kier molecular flexibility index (Phi) is 8.91. The van der Waals surface area contributed by atoms with Crippen molar-refractivity contribution in [1.82, 2.24) is 15.2 Å². The van der Waals surface area contributed by atoms with E-state index >= 15 is 0 Å². The van der Waals surface area contributed by atoms with Gasteiger partial charge in [-0.3, -0.25) is 9.69 Å². The van der Waals surface area contributed by atoms with E-state index in [1.807, 2.05) is 19.2 Å². The molecule has 204 valence electrons. The van der Waals surface area contributed by atoms with E-state index in [2.05, 4.69) is 34.3 Å². The van der Waals surface area contributed by atoms with E-state index in [1.54, 1.807) is 19.2 Å². The Morgan fingerprint density at radius 2 is 2.03 bits per heavy atom. The lowest BCUT2D eigenvalue weighted by Gasteiger charge is -2.40. The Hall–Kier alpha value is -3.56. The molecule has 2 heterocycles. The summed E-state index contributed by atoms with van der Waals surface area (Å²) in [6.07, 6.45) is 3.67. The number of aromatic nitrogens is 1. The number of nitrogens with one attached hydrogen (secondary N) is 2. The molecule has 0 radical (unpaired) electrons. The maximum atomic E-state index is 11.7. The van der Waals surface area contributed by atoms with Crippen LogP contribution in [0.3, 0.4) is 0 Å². The molecule has 1 aliphatic heterocycles. The first-order valence-electron chi connectivity index (χ1n) is 13.1. The minimum absolute atomic E-state index is 0.0705. The number of rotatable bonds is 11. The molecule has 1 saturated heterocycles. The predicted molar refractivity (Wildman–Crippen MR) is 145 cm³/mol. The number of hydrogen-bond donors (Lipinski definition) is 3. The van der Waals surface area contributed by atoms with Crippen molar-refractivity contribution in [2.45, 2.75) is 52.3 Å². The van der Waals surface area contributed by atoms with Crippen molar-refractivity contribution in [3.05, 3.63) is 58.8 Å². The second-order valence-electron chi connectivity index (χ2n) is 9.62. The smallest absolute Gasteiger partial charge is 0.335 e. The summed E-state index contributed by atoms with van der Waals surface area (Å²) in [6.45, 7) is 8.14. The van der Waals surface area contributed by atoms with Gasteiger partial charge in [0.2, 0.25) is 5.91 Å². The van der Waals surface area contributed by atoms with E-state index < -0.39 is 5.97 Å². The van der Waals surface area contributed by atoms with Crippen LogP contribution >= 0.6 is 0 Å². The number of hydrogen-bond acceptors (Lipinski definition) is 6. The minimum Gasteiger partial charge on any atom is -0.496 e. The van der Waals surface area contributed by atoms with Gasteiger partial charge in [-0.05, 0) is 56.5 Å². The fourth-order valence-corrected chi connectivity index (χ4v) is 5.32. The fourth-order valence-electron chi connectivity index (χ4n) is 5.32. The van der Waals surface area contributed by atoms with Crippen LogP contribution in [0.5, 0.6) is 11.5 Å². The van der Waals surface area contributed by atoms with Gasteiger partial charge in [-0.15, -0.1) is 0 Å². The third-order valence-electron chi connectivity index (χ3n) is 7.11. The first kappa shape index (κ1) is 27.5. The number of carboxylic acids is 1. The first-order chi connectivity index (χ1) is 18.3. The molecule has 0 unspecified atom stereocenters. The second-order valence-corrected chi connectivity index (χ2v) is 9.62. The summed E-state index contributed by atoms with van der Waals surface area (Å²) >= 11 is 0. The Labute approximate surface area is 223 Å². The predicted octanol–water partition coefficient (Wildman–Crippen LogP) is 4.44. The molecule has 3 aromatic rings. The molecular formula is C29H37N3O6. The number of ether oxygens (including phenoxy) is 3. The summed E-state index contributed by atoms with van der Waals surface area (Å²) in [6, 6.07) is 9.12. The van der Waals surface area contributed by atoms with Crippen LogP contribution in [0.1, 0.15) is 59.8 Å². The number of likely N-dealkylation sites (tertiary alicyclic amines) is 1. The lowest BCUT2D eigenvalue weighted by molar-refractivity contribution is -0.119. The zero-order valence-corrected chi connectivity index (χ0v) is 22.5. The van der Waals surface area contributed by atoms with Gasteiger partial charge in [-0.25, -0.2) is 4.79 Å². The summed E-state index contributed by atoms with van der Waals surface area (Å²) in [4.78, 5) is 28.8. The molecular weight excluding hydrogens is 486 g/mol. The van der Waals surface area contributed by atoms with E-state index in [1.165, 1.54) is 6.92 Å². The minimum atomic E-state index is -1.02. The average molecular weight is 524 g/mol. The number of carbonyl (C=O) groups is 2. The van der Waals surface area contributed by atoms with E-state index in [-0.39, 0.29) is 30.2 Å². The molecule has 1 amide bonds. The van der Waals surface area contributed by atoms with Crippen LogP contribution in [0.2, 0.25) is 0 Å². The Morgan fingerprint density at radius 1 is 1.21 bits per heavy atom. The van der Waals surface area contributed by atoms with Crippen molar-refractivity contribution in [2.75, 3.05) is 33.4 Å². The number of carbonyl (C=O) groups excluding carboxylic acids is 1. The maximum absolute atomic E-state index is 11.7. The molecule has 0 spiro atoms. The Morgan fingerprint density at radius 3 is 2.74 bits per heavy atom. The number of aryl methyl sites for hydroxylation is 1. The van der Waals surface area contributed by atoms with Crippen LogP contribution in [0.25, 0.3) is 10.9 Å². The molecule has 38 heavy (non-hydrogen) atoms. The number of H-pyrrole nitrogens is 1. The zero-order valence-electron chi connectivity index (χ0n) is 22.5. The van der Waals surface area contributed by atoms with Crippen LogP contribution in [0, 0.1) is 6.92 Å². The molecule has 0 bridgehead atoms. The van der Waals surface area contributed by atoms with Crippen molar-refractivity contribution >= 4 is 22.8 Å². The molecule has 0 saturated carbocycles. The number of piperidine rings is 1. The molecule has 1 aliphatic rings. The van der Waals surface area contributed by atoms with E-state index in [9.17, 15) is 14.7 Å².